The lowest BCUT2D eigenvalue weighted by Crippen LogP contribution is -2.14. The molecule has 50 heavy (non-hydrogen) atoms. The highest BCUT2D eigenvalue weighted by Gasteiger charge is 2.06. The van der Waals surface area contributed by atoms with E-state index in [1.807, 2.05) is 0 Å². The Morgan fingerprint density at radius 2 is 0.620 bits per heavy atom. The number of esters is 2. The molecule has 0 aliphatic heterocycles. The minimum absolute atomic E-state index is 0.236. The van der Waals surface area contributed by atoms with E-state index in [4.69, 9.17) is 33.5 Å². The molecular formula is C40H78O10. The Balaban J connectivity index is 0. The average Bonchev–Trinajstić information content (AvgIpc) is 3.10. The number of carbonyl (C=O) groups is 3. The van der Waals surface area contributed by atoms with Gasteiger partial charge in [-0.25, -0.2) is 0 Å². The molecule has 0 saturated carbocycles. The standard InChI is InChI=1S/C22H42O8.C18H36O2/c1-3-5-11-25-13-15-27-17-19-29-21(23)9-7-8-10-22(24)30-20-18-28-16-14-26-12-6-4-2;1-2-3-4-5-6-7-8-9-10-11-12-13-14-15-16-17-18(19)20/h3-20H2,1-2H3;2-17H2,1H3,(H,19,20). The van der Waals surface area contributed by atoms with Crippen molar-refractivity contribution in [2.45, 2.75) is 175 Å². The number of carbonyl (C=O) groups excluding carboxylic acids is 2. The van der Waals surface area contributed by atoms with Gasteiger partial charge < -0.3 is 33.5 Å². The van der Waals surface area contributed by atoms with Gasteiger partial charge in [-0.05, 0) is 32.1 Å². The molecule has 0 bridgehead atoms. The Morgan fingerprint density at radius 1 is 0.340 bits per heavy atom. The van der Waals surface area contributed by atoms with E-state index in [-0.39, 0.29) is 38.0 Å². The van der Waals surface area contributed by atoms with Crippen LogP contribution in [0.5, 0.6) is 0 Å². The van der Waals surface area contributed by atoms with Crippen LogP contribution in [0.15, 0.2) is 0 Å². The first-order valence-electron chi connectivity index (χ1n) is 20.3. The Bertz CT molecular complexity index is 668. The summed E-state index contributed by atoms with van der Waals surface area (Å²) in [6, 6.07) is 0. The van der Waals surface area contributed by atoms with Crippen LogP contribution in [0.3, 0.4) is 0 Å². The molecule has 0 atom stereocenters. The summed E-state index contributed by atoms with van der Waals surface area (Å²) in [6.45, 7) is 11.3. The Morgan fingerprint density at radius 3 is 0.960 bits per heavy atom. The molecular weight excluding hydrogens is 640 g/mol. The monoisotopic (exact) mass is 719 g/mol. The molecule has 0 saturated heterocycles. The van der Waals surface area contributed by atoms with Gasteiger partial charge in [0.15, 0.2) is 0 Å². The minimum Gasteiger partial charge on any atom is -0.481 e. The first kappa shape index (κ1) is 50.4. The number of hydrogen-bond donors (Lipinski definition) is 1. The molecule has 0 aromatic carbocycles. The fourth-order valence-electron chi connectivity index (χ4n) is 4.90. The smallest absolute Gasteiger partial charge is 0.305 e. The number of ether oxygens (including phenoxy) is 6. The lowest BCUT2D eigenvalue weighted by Gasteiger charge is -2.07. The van der Waals surface area contributed by atoms with E-state index in [2.05, 4.69) is 20.8 Å². The fraction of sp³-hybridized carbons (Fsp3) is 0.925. The summed E-state index contributed by atoms with van der Waals surface area (Å²) in [5.41, 5.74) is 0. The zero-order valence-electron chi connectivity index (χ0n) is 32.7. The van der Waals surface area contributed by atoms with Crippen molar-refractivity contribution in [3.05, 3.63) is 0 Å². The quantitative estimate of drug-likeness (QED) is 0.0485. The Labute approximate surface area is 306 Å². The van der Waals surface area contributed by atoms with E-state index < -0.39 is 5.97 Å². The second kappa shape index (κ2) is 45.3. The van der Waals surface area contributed by atoms with Crippen LogP contribution in [0.25, 0.3) is 0 Å². The first-order chi connectivity index (χ1) is 24.5. The summed E-state index contributed by atoms with van der Waals surface area (Å²) in [5, 5.41) is 8.52. The summed E-state index contributed by atoms with van der Waals surface area (Å²) in [7, 11) is 0. The predicted molar refractivity (Wildman–Crippen MR) is 201 cm³/mol. The van der Waals surface area contributed by atoms with Gasteiger partial charge in [-0.2, -0.15) is 0 Å². The first-order valence-corrected chi connectivity index (χ1v) is 20.3. The van der Waals surface area contributed by atoms with Crippen molar-refractivity contribution < 1.29 is 47.9 Å². The van der Waals surface area contributed by atoms with Crippen LogP contribution in [-0.2, 0) is 42.8 Å². The molecule has 0 amide bonds. The van der Waals surface area contributed by atoms with Crippen LogP contribution in [-0.4, -0.2) is 89.1 Å². The minimum atomic E-state index is -0.653. The summed E-state index contributed by atoms with van der Waals surface area (Å²) >= 11 is 0. The van der Waals surface area contributed by atoms with Gasteiger partial charge in [0.2, 0.25) is 0 Å². The molecule has 0 aromatic rings. The number of unbranched alkanes of at least 4 members (excludes halogenated alkanes) is 17. The highest BCUT2D eigenvalue weighted by molar-refractivity contribution is 5.70. The fourth-order valence-corrected chi connectivity index (χ4v) is 4.90. The van der Waals surface area contributed by atoms with Crippen LogP contribution in [0.4, 0.5) is 0 Å². The molecule has 0 aromatic heterocycles. The number of carboxylic acids is 1. The second-order valence-electron chi connectivity index (χ2n) is 12.9. The van der Waals surface area contributed by atoms with Gasteiger partial charge >= 0.3 is 17.9 Å². The maximum absolute atomic E-state index is 11.6. The summed E-state index contributed by atoms with van der Waals surface area (Å²) in [6.07, 6.45) is 26.3. The number of aliphatic carboxylic acids is 1. The summed E-state index contributed by atoms with van der Waals surface area (Å²) in [4.78, 5) is 33.5. The van der Waals surface area contributed by atoms with Crippen LogP contribution in [0.2, 0.25) is 0 Å². The summed E-state index contributed by atoms with van der Waals surface area (Å²) < 4.78 is 31.5. The Kier molecular flexibility index (Phi) is 45.6. The van der Waals surface area contributed by atoms with Gasteiger partial charge in [-0.1, -0.05) is 124 Å². The number of carboxylic acid groups (broad SMARTS) is 1. The molecule has 1 N–H and O–H groups in total. The van der Waals surface area contributed by atoms with Gasteiger partial charge in [0.1, 0.15) is 13.2 Å². The molecule has 0 spiro atoms. The molecule has 0 fully saturated rings. The zero-order chi connectivity index (χ0) is 37.0. The van der Waals surface area contributed by atoms with Crippen LogP contribution in [0, 0.1) is 0 Å². The van der Waals surface area contributed by atoms with E-state index in [1.54, 1.807) is 0 Å². The summed E-state index contributed by atoms with van der Waals surface area (Å²) in [5.74, 6) is -1.21. The topological polar surface area (TPSA) is 127 Å². The zero-order valence-corrected chi connectivity index (χ0v) is 32.7. The molecule has 0 radical (unpaired) electrons. The molecule has 0 heterocycles. The maximum Gasteiger partial charge on any atom is 0.305 e. The molecule has 10 nitrogen and oxygen atoms in total. The highest BCUT2D eigenvalue weighted by Crippen LogP contribution is 2.13. The number of rotatable bonds is 39. The maximum atomic E-state index is 11.6. The van der Waals surface area contributed by atoms with Crippen molar-refractivity contribution in [1.29, 1.82) is 0 Å². The third-order valence-corrected chi connectivity index (χ3v) is 8.02. The third-order valence-electron chi connectivity index (χ3n) is 8.02. The van der Waals surface area contributed by atoms with Crippen molar-refractivity contribution in [1.82, 2.24) is 0 Å². The van der Waals surface area contributed by atoms with Crippen LogP contribution < -0.4 is 0 Å². The highest BCUT2D eigenvalue weighted by atomic mass is 16.6. The number of hydrogen-bond acceptors (Lipinski definition) is 9. The van der Waals surface area contributed by atoms with E-state index in [1.165, 1.54) is 83.5 Å². The normalized spacial score (nSPS) is 10.9. The van der Waals surface area contributed by atoms with E-state index in [9.17, 15) is 14.4 Å². The lowest BCUT2D eigenvalue weighted by molar-refractivity contribution is -0.147. The van der Waals surface area contributed by atoms with E-state index in [0.29, 0.717) is 58.9 Å². The van der Waals surface area contributed by atoms with Gasteiger partial charge in [0.25, 0.3) is 0 Å². The van der Waals surface area contributed by atoms with Crippen molar-refractivity contribution in [2.75, 3.05) is 66.1 Å². The molecule has 0 aliphatic rings. The van der Waals surface area contributed by atoms with Crippen molar-refractivity contribution in [3.63, 3.8) is 0 Å². The van der Waals surface area contributed by atoms with Crippen molar-refractivity contribution >= 4 is 17.9 Å². The van der Waals surface area contributed by atoms with E-state index in [0.717, 1.165) is 51.7 Å². The molecule has 0 unspecified atom stereocenters. The average molecular weight is 719 g/mol. The van der Waals surface area contributed by atoms with Gasteiger partial charge in [0, 0.05) is 32.5 Å². The second-order valence-corrected chi connectivity index (χ2v) is 12.9. The molecule has 10 heteroatoms. The van der Waals surface area contributed by atoms with Crippen LogP contribution >= 0.6 is 0 Å². The van der Waals surface area contributed by atoms with Crippen molar-refractivity contribution in [3.8, 4) is 0 Å². The van der Waals surface area contributed by atoms with Gasteiger partial charge in [0.05, 0.1) is 39.6 Å². The molecule has 298 valence electrons. The van der Waals surface area contributed by atoms with Crippen molar-refractivity contribution in [2.24, 2.45) is 0 Å². The predicted octanol–water partition coefficient (Wildman–Crippen LogP) is 9.63. The lowest BCUT2D eigenvalue weighted by atomic mass is 10.0. The molecule has 0 aliphatic carbocycles. The molecule has 0 rings (SSSR count). The van der Waals surface area contributed by atoms with E-state index >= 15 is 0 Å². The third kappa shape index (κ3) is 48.4. The largest absolute Gasteiger partial charge is 0.481 e. The van der Waals surface area contributed by atoms with Gasteiger partial charge in [-0.15, -0.1) is 0 Å². The van der Waals surface area contributed by atoms with Gasteiger partial charge in [-0.3, -0.25) is 14.4 Å². The SMILES string of the molecule is CCCCCCCCCCCCCCCCCC(=O)O.CCCCOCCOCCOC(=O)CCCCC(=O)OCCOCCOCCCC. The van der Waals surface area contributed by atoms with Crippen LogP contribution in [0.1, 0.15) is 175 Å². The Hall–Kier alpha value is -1.75.